The number of imidazole rings is 1. The minimum Gasteiger partial charge on any atom is -0.323 e. The van der Waals surface area contributed by atoms with Crippen LogP contribution < -0.4 is 4.72 Å². The maximum Gasteiger partial charge on any atom is 0.259 e. The number of nitrogens with zero attached hydrogens (tertiary/aromatic N) is 2. The van der Waals surface area contributed by atoms with Crippen LogP contribution in [-0.2, 0) is 17.8 Å². The Kier molecular flexibility index (Phi) is 4.42. The third kappa shape index (κ3) is 3.42. The van der Waals surface area contributed by atoms with Gasteiger partial charge in [0.25, 0.3) is 11.3 Å². The van der Waals surface area contributed by atoms with E-state index in [1.54, 1.807) is 17.0 Å². The second-order valence-electron chi connectivity index (χ2n) is 4.83. The Morgan fingerprint density at radius 2 is 2.09 bits per heavy atom. The number of carbonyl (C=O) groups excluding carboxylic acids is 1. The van der Waals surface area contributed by atoms with Crippen molar-refractivity contribution >= 4 is 45.4 Å². The third-order valence-corrected chi connectivity index (χ3v) is 4.05. The summed E-state index contributed by atoms with van der Waals surface area (Å²) in [4.78, 5) is 16.7. The SMILES string of the molecule is O=C(Cn1cnc2ccccc21)c1ccc(Cl)c(NS(=O)O)c1. The van der Waals surface area contributed by atoms with Gasteiger partial charge in [-0.3, -0.25) is 14.1 Å². The summed E-state index contributed by atoms with van der Waals surface area (Å²) in [6.45, 7) is 0.115. The maximum absolute atomic E-state index is 12.4. The van der Waals surface area contributed by atoms with E-state index in [0.29, 0.717) is 5.56 Å². The highest BCUT2D eigenvalue weighted by Crippen LogP contribution is 2.24. The van der Waals surface area contributed by atoms with Crippen molar-refractivity contribution in [1.82, 2.24) is 9.55 Å². The summed E-state index contributed by atoms with van der Waals surface area (Å²) >= 11 is 3.67. The third-order valence-electron chi connectivity index (χ3n) is 3.33. The van der Waals surface area contributed by atoms with Crippen molar-refractivity contribution in [3.05, 3.63) is 59.4 Å². The fourth-order valence-electron chi connectivity index (χ4n) is 2.25. The van der Waals surface area contributed by atoms with Crippen LogP contribution in [0.15, 0.2) is 48.8 Å². The maximum atomic E-state index is 12.4. The van der Waals surface area contributed by atoms with E-state index < -0.39 is 11.3 Å². The molecule has 6 nitrogen and oxygen atoms in total. The highest BCUT2D eigenvalue weighted by molar-refractivity contribution is 7.80. The molecule has 118 valence electrons. The number of Topliss-reactive ketones (excluding diaryl/α,β-unsaturated/α-hetero) is 1. The number of ketones is 1. The van der Waals surface area contributed by atoms with Gasteiger partial charge in [-0.25, -0.2) is 9.19 Å². The molecule has 3 aromatic rings. The first-order chi connectivity index (χ1) is 11.0. The van der Waals surface area contributed by atoms with Gasteiger partial charge in [0.2, 0.25) is 0 Å². The summed E-state index contributed by atoms with van der Waals surface area (Å²) in [6, 6.07) is 12.1. The molecule has 0 aliphatic rings. The van der Waals surface area contributed by atoms with Crippen molar-refractivity contribution in [2.24, 2.45) is 0 Å². The topological polar surface area (TPSA) is 84.2 Å². The minimum absolute atomic E-state index is 0.115. The largest absolute Gasteiger partial charge is 0.323 e. The van der Waals surface area contributed by atoms with Crippen LogP contribution in [0.4, 0.5) is 5.69 Å². The van der Waals surface area contributed by atoms with Gasteiger partial charge in [-0.15, -0.1) is 0 Å². The number of aromatic nitrogens is 2. The van der Waals surface area contributed by atoms with Crippen LogP contribution in [0, 0.1) is 0 Å². The highest BCUT2D eigenvalue weighted by atomic mass is 35.5. The van der Waals surface area contributed by atoms with Gasteiger partial charge in [0.1, 0.15) is 0 Å². The zero-order valence-electron chi connectivity index (χ0n) is 11.8. The van der Waals surface area contributed by atoms with E-state index in [9.17, 15) is 9.00 Å². The molecule has 8 heteroatoms. The van der Waals surface area contributed by atoms with Crippen molar-refractivity contribution in [3.63, 3.8) is 0 Å². The molecule has 1 atom stereocenters. The lowest BCUT2D eigenvalue weighted by Crippen LogP contribution is -2.10. The summed E-state index contributed by atoms with van der Waals surface area (Å²) in [5.41, 5.74) is 2.30. The predicted molar refractivity (Wildman–Crippen MR) is 89.9 cm³/mol. The van der Waals surface area contributed by atoms with Crippen molar-refractivity contribution in [1.29, 1.82) is 0 Å². The number of anilines is 1. The zero-order chi connectivity index (χ0) is 16.4. The molecule has 0 radical (unpaired) electrons. The van der Waals surface area contributed by atoms with E-state index in [-0.39, 0.29) is 23.0 Å². The monoisotopic (exact) mass is 349 g/mol. The van der Waals surface area contributed by atoms with Crippen LogP contribution >= 0.6 is 11.6 Å². The smallest absolute Gasteiger partial charge is 0.259 e. The summed E-state index contributed by atoms with van der Waals surface area (Å²) in [5, 5.41) is 0.261. The van der Waals surface area contributed by atoms with Gasteiger partial charge < -0.3 is 4.57 Å². The standard InChI is InChI=1S/C15H12ClN3O3S/c16-11-6-5-10(7-13(11)18-23(21)22)15(20)8-19-9-17-12-3-1-2-4-14(12)19/h1-7,9,18H,8H2,(H,21,22). The molecule has 0 aliphatic carbocycles. The molecule has 2 aromatic carbocycles. The van der Waals surface area contributed by atoms with Crippen LogP contribution in [0.5, 0.6) is 0 Å². The Morgan fingerprint density at radius 1 is 1.30 bits per heavy atom. The first-order valence-electron chi connectivity index (χ1n) is 6.65. The average Bonchev–Trinajstić information content (AvgIpc) is 2.92. The van der Waals surface area contributed by atoms with Crippen molar-refractivity contribution < 1.29 is 13.6 Å². The van der Waals surface area contributed by atoms with Crippen LogP contribution in [0.25, 0.3) is 11.0 Å². The molecule has 1 unspecified atom stereocenters. The number of fused-ring (bicyclic) bond motifs is 1. The Balaban J connectivity index is 1.87. The molecule has 0 aliphatic heterocycles. The van der Waals surface area contributed by atoms with Crippen molar-refractivity contribution in [3.8, 4) is 0 Å². The van der Waals surface area contributed by atoms with E-state index >= 15 is 0 Å². The minimum atomic E-state index is -2.26. The number of hydrogen-bond acceptors (Lipinski definition) is 3. The molecule has 0 bridgehead atoms. The van der Waals surface area contributed by atoms with Gasteiger partial charge in [0.15, 0.2) is 5.78 Å². The number of benzene rings is 2. The summed E-state index contributed by atoms with van der Waals surface area (Å²) in [5.74, 6) is -0.156. The number of hydrogen-bond donors (Lipinski definition) is 2. The molecule has 0 fully saturated rings. The second-order valence-corrected chi connectivity index (χ2v) is 5.94. The van der Waals surface area contributed by atoms with Gasteiger partial charge >= 0.3 is 0 Å². The molecule has 0 saturated carbocycles. The molecule has 0 saturated heterocycles. The van der Waals surface area contributed by atoms with E-state index in [2.05, 4.69) is 9.71 Å². The van der Waals surface area contributed by atoms with Crippen molar-refractivity contribution in [2.45, 2.75) is 6.54 Å². The number of rotatable bonds is 5. The van der Waals surface area contributed by atoms with E-state index in [1.807, 2.05) is 24.3 Å². The van der Waals surface area contributed by atoms with Gasteiger partial charge in [-0.05, 0) is 30.3 Å². The van der Waals surface area contributed by atoms with E-state index in [0.717, 1.165) is 11.0 Å². The molecular formula is C15H12ClN3O3S. The number of para-hydroxylation sites is 2. The Bertz CT molecular complexity index is 910. The lowest BCUT2D eigenvalue weighted by Gasteiger charge is -2.08. The van der Waals surface area contributed by atoms with Crippen molar-refractivity contribution in [2.75, 3.05) is 4.72 Å². The van der Waals surface area contributed by atoms with Gasteiger partial charge in [0, 0.05) is 5.56 Å². The predicted octanol–water partition coefficient (Wildman–Crippen LogP) is 3.12. The lowest BCUT2D eigenvalue weighted by molar-refractivity contribution is 0.0973. The quantitative estimate of drug-likeness (QED) is 0.547. The van der Waals surface area contributed by atoms with Crippen LogP contribution in [0.2, 0.25) is 5.02 Å². The van der Waals surface area contributed by atoms with E-state index in [1.165, 1.54) is 12.1 Å². The average molecular weight is 350 g/mol. The first-order valence-corrected chi connectivity index (χ1v) is 8.13. The molecule has 1 heterocycles. The van der Waals surface area contributed by atoms with Crippen LogP contribution in [0.1, 0.15) is 10.4 Å². The summed E-state index contributed by atoms with van der Waals surface area (Å²) < 4.78 is 23.8. The molecule has 2 N–H and O–H groups in total. The Morgan fingerprint density at radius 3 is 2.87 bits per heavy atom. The molecular weight excluding hydrogens is 338 g/mol. The summed E-state index contributed by atoms with van der Waals surface area (Å²) in [7, 11) is 0. The van der Waals surface area contributed by atoms with Crippen LogP contribution in [-0.4, -0.2) is 24.1 Å². The molecule has 23 heavy (non-hydrogen) atoms. The number of carbonyl (C=O) groups is 1. The highest BCUT2D eigenvalue weighted by Gasteiger charge is 2.12. The lowest BCUT2D eigenvalue weighted by atomic mass is 10.1. The molecule has 3 rings (SSSR count). The number of halogens is 1. The number of nitrogens with one attached hydrogen (secondary N) is 1. The fourth-order valence-corrected chi connectivity index (χ4v) is 2.83. The second kappa shape index (κ2) is 6.49. The van der Waals surface area contributed by atoms with Gasteiger partial charge in [0.05, 0.1) is 34.6 Å². The molecule has 0 amide bonds. The van der Waals surface area contributed by atoms with Gasteiger partial charge in [-0.1, -0.05) is 23.7 Å². The first kappa shape index (κ1) is 15.7. The molecule has 1 aromatic heterocycles. The summed E-state index contributed by atoms with van der Waals surface area (Å²) in [6.07, 6.45) is 1.61. The Hall–Kier alpha value is -2.22. The molecule has 0 spiro atoms. The Labute approximate surface area is 139 Å². The fraction of sp³-hybridized carbons (Fsp3) is 0.0667. The van der Waals surface area contributed by atoms with E-state index in [4.69, 9.17) is 16.2 Å². The normalized spacial score (nSPS) is 12.3. The van der Waals surface area contributed by atoms with Crippen LogP contribution in [0.3, 0.4) is 0 Å². The zero-order valence-corrected chi connectivity index (χ0v) is 13.3. The van der Waals surface area contributed by atoms with Gasteiger partial charge in [-0.2, -0.15) is 0 Å².